The first-order chi connectivity index (χ1) is 9.07. The van der Waals surface area contributed by atoms with E-state index in [1.165, 1.54) is 27.4 Å². The Bertz CT molecular complexity index is 533. The van der Waals surface area contributed by atoms with Crippen molar-refractivity contribution in [3.8, 4) is 23.3 Å². The topological polar surface area (TPSA) is 94.6 Å². The quantitative estimate of drug-likeness (QED) is 0.633. The molecule has 1 aromatic carbocycles. The van der Waals surface area contributed by atoms with E-state index < -0.39 is 5.91 Å². The maximum Gasteiger partial charge on any atom is 0.259 e. The number of carbonyl (C=O) groups excluding carboxylic acids is 1. The minimum Gasteiger partial charge on any atom is -0.496 e. The van der Waals surface area contributed by atoms with Gasteiger partial charge in [-0.25, -0.2) is 0 Å². The molecule has 0 heterocycles. The van der Waals surface area contributed by atoms with E-state index in [0.717, 1.165) is 0 Å². The summed E-state index contributed by atoms with van der Waals surface area (Å²) in [6.07, 6.45) is 1.32. The van der Waals surface area contributed by atoms with Crippen LogP contribution in [0.1, 0.15) is 5.56 Å². The van der Waals surface area contributed by atoms with E-state index in [4.69, 9.17) is 25.2 Å². The summed E-state index contributed by atoms with van der Waals surface area (Å²) in [6, 6.07) is 4.96. The van der Waals surface area contributed by atoms with Crippen molar-refractivity contribution in [1.82, 2.24) is 0 Å². The van der Waals surface area contributed by atoms with Crippen molar-refractivity contribution >= 4 is 12.0 Å². The number of primary amides is 1. The van der Waals surface area contributed by atoms with Gasteiger partial charge >= 0.3 is 0 Å². The highest BCUT2D eigenvalue weighted by molar-refractivity contribution is 6.01. The van der Waals surface area contributed by atoms with Gasteiger partial charge in [-0.05, 0) is 6.08 Å². The highest BCUT2D eigenvalue weighted by atomic mass is 16.5. The number of nitriles is 1. The molecule has 0 aliphatic heterocycles. The molecule has 0 unspecified atom stereocenters. The average Bonchev–Trinajstić information content (AvgIpc) is 2.43. The lowest BCUT2D eigenvalue weighted by Gasteiger charge is -2.12. The summed E-state index contributed by atoms with van der Waals surface area (Å²) in [5, 5.41) is 8.86. The Labute approximate surface area is 111 Å². The number of benzene rings is 1. The Kier molecular flexibility index (Phi) is 4.77. The summed E-state index contributed by atoms with van der Waals surface area (Å²) >= 11 is 0. The Hall–Kier alpha value is -2.68. The van der Waals surface area contributed by atoms with Crippen LogP contribution in [-0.4, -0.2) is 27.2 Å². The summed E-state index contributed by atoms with van der Waals surface area (Å²) in [5.41, 5.74) is 5.35. The number of methoxy groups -OCH3 is 3. The number of nitrogens with zero attached hydrogens (tertiary/aromatic N) is 1. The molecule has 100 valence electrons. The van der Waals surface area contributed by atoms with Gasteiger partial charge in [0.1, 0.15) is 28.9 Å². The fraction of sp³-hybridized carbons (Fsp3) is 0.231. The molecule has 0 fully saturated rings. The molecular formula is C13H14N2O4. The first-order valence-corrected chi connectivity index (χ1v) is 5.29. The molecular weight excluding hydrogens is 248 g/mol. The third kappa shape index (κ3) is 3.16. The van der Waals surface area contributed by atoms with Gasteiger partial charge in [-0.15, -0.1) is 0 Å². The van der Waals surface area contributed by atoms with Gasteiger partial charge < -0.3 is 19.9 Å². The van der Waals surface area contributed by atoms with E-state index in [2.05, 4.69) is 0 Å². The van der Waals surface area contributed by atoms with Crippen LogP contribution in [0.15, 0.2) is 17.7 Å². The lowest BCUT2D eigenvalue weighted by molar-refractivity contribution is -0.114. The van der Waals surface area contributed by atoms with Crippen molar-refractivity contribution in [2.75, 3.05) is 21.3 Å². The minimum atomic E-state index is -0.817. The molecule has 0 saturated heterocycles. The minimum absolute atomic E-state index is 0.193. The molecule has 0 spiro atoms. The molecule has 19 heavy (non-hydrogen) atoms. The fourth-order valence-electron chi connectivity index (χ4n) is 1.48. The summed E-state index contributed by atoms with van der Waals surface area (Å²) in [4.78, 5) is 11.1. The van der Waals surface area contributed by atoms with E-state index in [1.54, 1.807) is 18.2 Å². The van der Waals surface area contributed by atoms with Crippen molar-refractivity contribution in [3.63, 3.8) is 0 Å². The number of amides is 1. The molecule has 2 N–H and O–H groups in total. The predicted octanol–water partition coefficient (Wildman–Crippen LogP) is 1.10. The highest BCUT2D eigenvalue weighted by Crippen LogP contribution is 2.35. The van der Waals surface area contributed by atoms with Gasteiger partial charge in [0, 0.05) is 12.1 Å². The standard InChI is InChI=1S/C13H14N2O4/c1-17-9-5-11(18-2)10(12(6-9)19-3)4-8(7-14)13(15)16/h4-6H,1-3H3,(H2,15,16)/b8-4+. The van der Waals surface area contributed by atoms with Crippen LogP contribution in [0.2, 0.25) is 0 Å². The van der Waals surface area contributed by atoms with Gasteiger partial charge in [-0.2, -0.15) is 5.26 Å². The van der Waals surface area contributed by atoms with Crippen molar-refractivity contribution in [2.24, 2.45) is 5.73 Å². The second-order valence-corrected chi connectivity index (χ2v) is 3.48. The molecule has 6 nitrogen and oxygen atoms in total. The molecule has 6 heteroatoms. The molecule has 1 rings (SSSR count). The Balaban J connectivity index is 3.49. The van der Waals surface area contributed by atoms with Gasteiger partial charge in [-0.3, -0.25) is 4.79 Å². The summed E-state index contributed by atoms with van der Waals surface area (Å²) < 4.78 is 15.5. The van der Waals surface area contributed by atoms with Crippen LogP contribution in [0, 0.1) is 11.3 Å². The molecule has 0 saturated carbocycles. The molecule has 0 aliphatic rings. The zero-order chi connectivity index (χ0) is 14.4. The first kappa shape index (κ1) is 14.4. The number of hydrogen-bond acceptors (Lipinski definition) is 5. The molecule has 0 atom stereocenters. The maximum atomic E-state index is 11.1. The normalized spacial score (nSPS) is 10.5. The van der Waals surface area contributed by atoms with E-state index in [-0.39, 0.29) is 5.57 Å². The number of rotatable bonds is 5. The molecule has 0 radical (unpaired) electrons. The molecule has 1 aromatic rings. The van der Waals surface area contributed by atoms with E-state index >= 15 is 0 Å². The smallest absolute Gasteiger partial charge is 0.259 e. The summed E-state index contributed by atoms with van der Waals surface area (Å²) in [6.45, 7) is 0. The van der Waals surface area contributed by atoms with Crippen LogP contribution in [0.3, 0.4) is 0 Å². The maximum absolute atomic E-state index is 11.1. The van der Waals surface area contributed by atoms with E-state index in [9.17, 15) is 4.79 Å². The zero-order valence-electron chi connectivity index (χ0n) is 10.9. The van der Waals surface area contributed by atoms with Crippen molar-refractivity contribution in [1.29, 1.82) is 5.26 Å². The van der Waals surface area contributed by atoms with Crippen LogP contribution < -0.4 is 19.9 Å². The number of hydrogen-bond donors (Lipinski definition) is 1. The van der Waals surface area contributed by atoms with E-state index in [0.29, 0.717) is 22.8 Å². The second-order valence-electron chi connectivity index (χ2n) is 3.48. The third-order valence-corrected chi connectivity index (χ3v) is 2.43. The van der Waals surface area contributed by atoms with Gasteiger partial charge in [-0.1, -0.05) is 0 Å². The van der Waals surface area contributed by atoms with Crippen LogP contribution in [0.5, 0.6) is 17.2 Å². The van der Waals surface area contributed by atoms with Gasteiger partial charge in [0.25, 0.3) is 5.91 Å². The second kappa shape index (κ2) is 6.31. The Morgan fingerprint density at radius 2 is 1.74 bits per heavy atom. The third-order valence-electron chi connectivity index (χ3n) is 2.43. The lowest BCUT2D eigenvalue weighted by atomic mass is 10.1. The van der Waals surface area contributed by atoms with E-state index in [1.807, 2.05) is 0 Å². The molecule has 0 aromatic heterocycles. The zero-order valence-corrected chi connectivity index (χ0v) is 10.9. The fourth-order valence-corrected chi connectivity index (χ4v) is 1.48. The average molecular weight is 262 g/mol. The number of nitrogens with two attached hydrogens (primary N) is 1. The molecule has 0 bridgehead atoms. The van der Waals surface area contributed by atoms with Crippen LogP contribution in [0.25, 0.3) is 6.08 Å². The monoisotopic (exact) mass is 262 g/mol. The van der Waals surface area contributed by atoms with Crippen LogP contribution in [0.4, 0.5) is 0 Å². The van der Waals surface area contributed by atoms with Gasteiger partial charge in [0.05, 0.1) is 26.9 Å². The van der Waals surface area contributed by atoms with Gasteiger partial charge in [0.2, 0.25) is 0 Å². The largest absolute Gasteiger partial charge is 0.496 e. The van der Waals surface area contributed by atoms with Crippen molar-refractivity contribution in [3.05, 3.63) is 23.3 Å². The number of carbonyl (C=O) groups is 1. The Morgan fingerprint density at radius 1 is 1.21 bits per heavy atom. The predicted molar refractivity (Wildman–Crippen MR) is 68.9 cm³/mol. The Morgan fingerprint density at radius 3 is 2.05 bits per heavy atom. The number of ether oxygens (including phenoxy) is 3. The van der Waals surface area contributed by atoms with Crippen LogP contribution in [-0.2, 0) is 4.79 Å². The van der Waals surface area contributed by atoms with Crippen molar-refractivity contribution in [2.45, 2.75) is 0 Å². The molecule has 0 aliphatic carbocycles. The molecule has 1 amide bonds. The SMILES string of the molecule is COc1cc(OC)c(/C=C(\C#N)C(N)=O)c(OC)c1. The highest BCUT2D eigenvalue weighted by Gasteiger charge is 2.14. The summed E-state index contributed by atoms with van der Waals surface area (Å²) in [7, 11) is 4.43. The van der Waals surface area contributed by atoms with Crippen LogP contribution >= 0.6 is 0 Å². The first-order valence-electron chi connectivity index (χ1n) is 5.29. The summed E-state index contributed by atoms with van der Waals surface area (Å²) in [5.74, 6) is 0.529. The van der Waals surface area contributed by atoms with Gasteiger partial charge in [0.15, 0.2) is 0 Å². The lowest BCUT2D eigenvalue weighted by Crippen LogP contribution is -2.12. The van der Waals surface area contributed by atoms with Crippen molar-refractivity contribution < 1.29 is 19.0 Å².